The predicted octanol–water partition coefficient (Wildman–Crippen LogP) is 4.22. The Hall–Kier alpha value is -3.87. The van der Waals surface area contributed by atoms with Crippen LogP contribution in [0.2, 0.25) is 0 Å². The van der Waals surface area contributed by atoms with Gasteiger partial charge in [-0.3, -0.25) is 9.89 Å². The molecule has 0 saturated heterocycles. The average molecular weight is 344 g/mol. The number of rotatable bonds is 3. The van der Waals surface area contributed by atoms with Crippen molar-refractivity contribution in [3.8, 4) is 11.3 Å². The normalized spacial score (nSPS) is 11.2. The standard InChI is InChI=1S/C19H12N4O3/c24-19(11-1-3-16-17(7-11)26-10-20-16)21-13-2-4-15-14(8-13)18(23-22-15)12-5-6-25-9-12/h1-10H,(H,21,24)(H,22,23). The lowest BCUT2D eigenvalue weighted by atomic mass is 10.1. The van der Waals surface area contributed by atoms with Crippen LogP contribution in [0.4, 0.5) is 5.69 Å². The number of fused-ring (bicyclic) bond motifs is 2. The van der Waals surface area contributed by atoms with Crippen LogP contribution in [-0.2, 0) is 0 Å². The summed E-state index contributed by atoms with van der Waals surface area (Å²) in [4.78, 5) is 16.6. The Balaban J connectivity index is 1.48. The molecular weight excluding hydrogens is 332 g/mol. The molecule has 0 bridgehead atoms. The molecule has 0 unspecified atom stereocenters. The van der Waals surface area contributed by atoms with Gasteiger partial charge in [0.2, 0.25) is 0 Å². The number of hydrogen-bond donors (Lipinski definition) is 2. The highest BCUT2D eigenvalue weighted by atomic mass is 16.3. The van der Waals surface area contributed by atoms with Crippen molar-refractivity contribution in [2.45, 2.75) is 0 Å². The van der Waals surface area contributed by atoms with Crippen LogP contribution in [0.25, 0.3) is 33.3 Å². The van der Waals surface area contributed by atoms with E-state index in [1.54, 1.807) is 30.7 Å². The SMILES string of the molecule is O=C(Nc1ccc2[nH]nc(-c3ccoc3)c2c1)c1ccc2ncoc2c1. The molecule has 126 valence electrons. The number of nitrogens with zero attached hydrogens (tertiary/aromatic N) is 2. The van der Waals surface area contributed by atoms with E-state index in [-0.39, 0.29) is 5.91 Å². The first-order valence-corrected chi connectivity index (χ1v) is 7.93. The van der Waals surface area contributed by atoms with Gasteiger partial charge in [0.05, 0.1) is 18.0 Å². The van der Waals surface area contributed by atoms with Crippen molar-refractivity contribution in [1.29, 1.82) is 0 Å². The van der Waals surface area contributed by atoms with Crippen LogP contribution in [0.3, 0.4) is 0 Å². The molecule has 26 heavy (non-hydrogen) atoms. The molecule has 2 aromatic carbocycles. The first-order chi connectivity index (χ1) is 12.8. The van der Waals surface area contributed by atoms with Gasteiger partial charge < -0.3 is 14.2 Å². The van der Waals surface area contributed by atoms with E-state index >= 15 is 0 Å². The van der Waals surface area contributed by atoms with Gasteiger partial charge in [-0.25, -0.2) is 4.98 Å². The van der Waals surface area contributed by atoms with Gasteiger partial charge in [-0.1, -0.05) is 0 Å². The summed E-state index contributed by atoms with van der Waals surface area (Å²) in [6.45, 7) is 0. The van der Waals surface area contributed by atoms with Gasteiger partial charge in [-0.05, 0) is 42.5 Å². The highest BCUT2D eigenvalue weighted by molar-refractivity contribution is 6.07. The summed E-state index contributed by atoms with van der Waals surface area (Å²) in [5.74, 6) is -0.226. The maximum atomic E-state index is 12.6. The number of hydrogen-bond acceptors (Lipinski definition) is 5. The Morgan fingerprint density at radius 3 is 2.96 bits per heavy atom. The number of aromatic nitrogens is 3. The zero-order valence-electron chi connectivity index (χ0n) is 13.4. The fourth-order valence-corrected chi connectivity index (χ4v) is 2.91. The number of aromatic amines is 1. The zero-order chi connectivity index (χ0) is 17.5. The first kappa shape index (κ1) is 14.5. The van der Waals surface area contributed by atoms with Crippen molar-refractivity contribution in [1.82, 2.24) is 15.2 Å². The van der Waals surface area contributed by atoms with Crippen molar-refractivity contribution >= 4 is 33.6 Å². The third-order valence-corrected chi connectivity index (χ3v) is 4.21. The summed E-state index contributed by atoms with van der Waals surface area (Å²) in [5, 5.41) is 11.1. The second-order valence-corrected chi connectivity index (χ2v) is 5.83. The molecule has 0 fully saturated rings. The largest absolute Gasteiger partial charge is 0.472 e. The van der Waals surface area contributed by atoms with Crippen LogP contribution in [0.1, 0.15) is 10.4 Å². The minimum atomic E-state index is -0.226. The molecule has 3 aromatic heterocycles. The molecule has 0 atom stereocenters. The summed E-state index contributed by atoms with van der Waals surface area (Å²) in [6, 6.07) is 12.6. The fraction of sp³-hybridized carbons (Fsp3) is 0. The van der Waals surface area contributed by atoms with Crippen LogP contribution in [0.5, 0.6) is 0 Å². The van der Waals surface area contributed by atoms with Gasteiger partial charge in [0, 0.05) is 22.2 Å². The predicted molar refractivity (Wildman–Crippen MR) is 95.8 cm³/mol. The van der Waals surface area contributed by atoms with Crippen LogP contribution in [0.15, 0.2) is 70.2 Å². The molecule has 5 rings (SSSR count). The topological polar surface area (TPSA) is 97.0 Å². The number of benzene rings is 2. The lowest BCUT2D eigenvalue weighted by Crippen LogP contribution is -2.11. The van der Waals surface area contributed by atoms with E-state index in [9.17, 15) is 4.79 Å². The zero-order valence-corrected chi connectivity index (χ0v) is 13.4. The Labute approximate surface area is 146 Å². The number of furan rings is 1. The maximum absolute atomic E-state index is 12.6. The lowest BCUT2D eigenvalue weighted by Gasteiger charge is -2.05. The summed E-state index contributed by atoms with van der Waals surface area (Å²) in [5.41, 5.74) is 4.98. The van der Waals surface area contributed by atoms with Crippen molar-refractivity contribution in [3.63, 3.8) is 0 Å². The molecule has 5 aromatic rings. The van der Waals surface area contributed by atoms with Gasteiger partial charge in [0.25, 0.3) is 5.91 Å². The molecule has 2 N–H and O–H groups in total. The molecule has 1 amide bonds. The molecule has 0 aliphatic rings. The lowest BCUT2D eigenvalue weighted by molar-refractivity contribution is 0.102. The Bertz CT molecular complexity index is 1230. The van der Waals surface area contributed by atoms with E-state index < -0.39 is 0 Å². The van der Waals surface area contributed by atoms with Gasteiger partial charge in [-0.2, -0.15) is 5.10 Å². The minimum absolute atomic E-state index is 0.226. The molecule has 0 spiro atoms. The van der Waals surface area contributed by atoms with Crippen molar-refractivity contribution in [3.05, 3.63) is 66.9 Å². The molecular formula is C19H12N4O3. The molecule has 7 heteroatoms. The summed E-state index contributed by atoms with van der Waals surface area (Å²) >= 11 is 0. The Morgan fingerprint density at radius 1 is 1.12 bits per heavy atom. The van der Waals surface area contributed by atoms with Crippen LogP contribution in [0, 0.1) is 0 Å². The van der Waals surface area contributed by atoms with E-state index in [0.29, 0.717) is 22.4 Å². The van der Waals surface area contributed by atoms with Crippen molar-refractivity contribution in [2.75, 3.05) is 5.32 Å². The smallest absolute Gasteiger partial charge is 0.255 e. The Kier molecular flexibility index (Phi) is 3.11. The van der Waals surface area contributed by atoms with Crippen LogP contribution < -0.4 is 5.32 Å². The highest BCUT2D eigenvalue weighted by Crippen LogP contribution is 2.29. The van der Waals surface area contributed by atoms with E-state index in [1.807, 2.05) is 24.3 Å². The van der Waals surface area contributed by atoms with Crippen molar-refractivity contribution in [2.24, 2.45) is 0 Å². The van der Waals surface area contributed by atoms with Crippen molar-refractivity contribution < 1.29 is 13.6 Å². The van der Waals surface area contributed by atoms with E-state index in [0.717, 1.165) is 22.2 Å². The maximum Gasteiger partial charge on any atom is 0.255 e. The second-order valence-electron chi connectivity index (χ2n) is 5.83. The van der Waals surface area contributed by atoms with Crippen LogP contribution in [-0.4, -0.2) is 21.1 Å². The summed E-state index contributed by atoms with van der Waals surface area (Å²) in [7, 11) is 0. The van der Waals surface area contributed by atoms with Gasteiger partial charge >= 0.3 is 0 Å². The number of carbonyl (C=O) groups excluding carboxylic acids is 1. The summed E-state index contributed by atoms with van der Waals surface area (Å²) in [6.07, 6.45) is 4.59. The molecule has 7 nitrogen and oxygen atoms in total. The summed E-state index contributed by atoms with van der Waals surface area (Å²) < 4.78 is 10.4. The quantitative estimate of drug-likeness (QED) is 0.511. The van der Waals surface area contributed by atoms with Gasteiger partial charge in [-0.15, -0.1) is 0 Å². The highest BCUT2D eigenvalue weighted by Gasteiger charge is 2.12. The average Bonchev–Trinajstić information content (AvgIpc) is 3.40. The molecule has 3 heterocycles. The van der Waals surface area contributed by atoms with E-state index in [4.69, 9.17) is 8.83 Å². The first-order valence-electron chi connectivity index (χ1n) is 7.93. The molecule has 0 saturated carbocycles. The third kappa shape index (κ3) is 2.34. The second kappa shape index (κ2) is 5.59. The monoisotopic (exact) mass is 344 g/mol. The number of nitrogens with one attached hydrogen (secondary N) is 2. The molecule has 0 aliphatic carbocycles. The van der Waals surface area contributed by atoms with Gasteiger partial charge in [0.1, 0.15) is 11.2 Å². The molecule has 0 radical (unpaired) electrons. The van der Waals surface area contributed by atoms with E-state index in [2.05, 4.69) is 20.5 Å². The van der Waals surface area contributed by atoms with Crippen LogP contribution >= 0.6 is 0 Å². The molecule has 0 aliphatic heterocycles. The number of amides is 1. The minimum Gasteiger partial charge on any atom is -0.472 e. The number of anilines is 1. The Morgan fingerprint density at radius 2 is 2.08 bits per heavy atom. The van der Waals surface area contributed by atoms with E-state index in [1.165, 1.54) is 6.39 Å². The number of H-pyrrole nitrogens is 1. The van der Waals surface area contributed by atoms with Gasteiger partial charge in [0.15, 0.2) is 12.0 Å². The fourth-order valence-electron chi connectivity index (χ4n) is 2.91. The third-order valence-electron chi connectivity index (χ3n) is 4.21. The number of carbonyl (C=O) groups is 1. The number of oxazole rings is 1.